The number of amides is 1. The molecule has 1 aliphatic carbocycles. The molecule has 96 valence electrons. The maximum absolute atomic E-state index is 11.7. The standard InChI is InChI=1S/C11H22N2O2.ClH/c1-7(2)10(12)11(14)13-8-4-5-9(6-8)15-3;/h7-10H,4-6,12H2,1-3H3,(H,13,14);1H/t8?,9?,10-;/m0./s1. The van der Waals surface area contributed by atoms with Crippen molar-refractivity contribution in [3.63, 3.8) is 0 Å². The first-order valence-electron chi connectivity index (χ1n) is 5.63. The second-order valence-electron chi connectivity index (χ2n) is 4.65. The van der Waals surface area contributed by atoms with Crippen molar-refractivity contribution < 1.29 is 9.53 Å². The molecule has 1 saturated carbocycles. The summed E-state index contributed by atoms with van der Waals surface area (Å²) in [6.45, 7) is 3.91. The predicted molar refractivity (Wildman–Crippen MR) is 66.6 cm³/mol. The van der Waals surface area contributed by atoms with E-state index in [2.05, 4.69) is 5.32 Å². The van der Waals surface area contributed by atoms with Gasteiger partial charge in [-0.25, -0.2) is 0 Å². The van der Waals surface area contributed by atoms with Crippen LogP contribution in [0.3, 0.4) is 0 Å². The lowest BCUT2D eigenvalue weighted by Crippen LogP contribution is -2.47. The molecule has 16 heavy (non-hydrogen) atoms. The SMILES string of the molecule is COC1CCC(NC(=O)[C@@H](N)C(C)C)C1.Cl. The van der Waals surface area contributed by atoms with Gasteiger partial charge in [0.25, 0.3) is 0 Å². The summed E-state index contributed by atoms with van der Waals surface area (Å²) >= 11 is 0. The molecular formula is C11H23ClN2O2. The average molecular weight is 251 g/mol. The van der Waals surface area contributed by atoms with Gasteiger partial charge in [-0.3, -0.25) is 4.79 Å². The van der Waals surface area contributed by atoms with E-state index in [0.29, 0.717) is 6.10 Å². The lowest BCUT2D eigenvalue weighted by atomic mass is 10.0. The van der Waals surface area contributed by atoms with Crippen molar-refractivity contribution >= 4 is 18.3 Å². The number of carbonyl (C=O) groups is 1. The Bertz CT molecular complexity index is 224. The van der Waals surface area contributed by atoms with Crippen molar-refractivity contribution in [1.29, 1.82) is 0 Å². The summed E-state index contributed by atoms with van der Waals surface area (Å²) in [7, 11) is 1.72. The zero-order valence-corrected chi connectivity index (χ0v) is 11.0. The van der Waals surface area contributed by atoms with E-state index in [1.54, 1.807) is 7.11 Å². The van der Waals surface area contributed by atoms with Gasteiger partial charge < -0.3 is 15.8 Å². The molecule has 0 bridgehead atoms. The summed E-state index contributed by atoms with van der Waals surface area (Å²) in [5, 5.41) is 2.98. The number of nitrogens with one attached hydrogen (secondary N) is 1. The summed E-state index contributed by atoms with van der Waals surface area (Å²) in [5.74, 6) is 0.149. The highest BCUT2D eigenvalue weighted by Gasteiger charge is 2.27. The van der Waals surface area contributed by atoms with E-state index in [1.807, 2.05) is 13.8 Å². The summed E-state index contributed by atoms with van der Waals surface area (Å²) in [6.07, 6.45) is 3.23. The third kappa shape index (κ3) is 4.28. The third-order valence-electron chi connectivity index (χ3n) is 3.09. The quantitative estimate of drug-likeness (QED) is 0.785. The topological polar surface area (TPSA) is 64.3 Å². The molecule has 1 fully saturated rings. The van der Waals surface area contributed by atoms with Crippen molar-refractivity contribution in [3.05, 3.63) is 0 Å². The molecule has 0 aromatic carbocycles. The minimum atomic E-state index is -0.397. The lowest BCUT2D eigenvalue weighted by Gasteiger charge is -2.19. The van der Waals surface area contributed by atoms with E-state index in [-0.39, 0.29) is 30.3 Å². The van der Waals surface area contributed by atoms with Crippen molar-refractivity contribution in [2.24, 2.45) is 11.7 Å². The van der Waals surface area contributed by atoms with Crippen LogP contribution in [0.5, 0.6) is 0 Å². The molecule has 2 unspecified atom stereocenters. The number of ether oxygens (including phenoxy) is 1. The van der Waals surface area contributed by atoms with Crippen LogP contribution in [0.4, 0.5) is 0 Å². The van der Waals surface area contributed by atoms with Crippen LogP contribution in [-0.2, 0) is 9.53 Å². The molecule has 0 aliphatic heterocycles. The first-order valence-corrected chi connectivity index (χ1v) is 5.63. The number of hydrogen-bond acceptors (Lipinski definition) is 3. The summed E-state index contributed by atoms with van der Waals surface area (Å²) in [4.78, 5) is 11.7. The van der Waals surface area contributed by atoms with Crippen molar-refractivity contribution in [2.45, 2.75) is 51.3 Å². The molecular weight excluding hydrogens is 228 g/mol. The average Bonchev–Trinajstić information content (AvgIpc) is 2.64. The second kappa shape index (κ2) is 7.09. The van der Waals surface area contributed by atoms with Crippen molar-refractivity contribution in [2.75, 3.05) is 7.11 Å². The number of methoxy groups -OCH3 is 1. The molecule has 4 nitrogen and oxygen atoms in total. The number of nitrogens with two attached hydrogens (primary N) is 1. The molecule has 1 aliphatic rings. The smallest absolute Gasteiger partial charge is 0.237 e. The summed E-state index contributed by atoms with van der Waals surface area (Å²) < 4.78 is 5.25. The van der Waals surface area contributed by atoms with E-state index in [4.69, 9.17) is 10.5 Å². The van der Waals surface area contributed by atoms with E-state index in [9.17, 15) is 4.79 Å². The Morgan fingerprint density at radius 1 is 1.44 bits per heavy atom. The first kappa shape index (κ1) is 15.7. The van der Waals surface area contributed by atoms with Crippen molar-refractivity contribution in [3.8, 4) is 0 Å². The predicted octanol–water partition coefficient (Wildman–Crippen LogP) is 1.08. The van der Waals surface area contributed by atoms with Crippen LogP contribution in [0.2, 0.25) is 0 Å². The van der Waals surface area contributed by atoms with Crippen LogP contribution >= 0.6 is 12.4 Å². The Hall–Kier alpha value is -0.320. The fourth-order valence-electron chi connectivity index (χ4n) is 1.89. The third-order valence-corrected chi connectivity index (χ3v) is 3.09. The van der Waals surface area contributed by atoms with Gasteiger partial charge in [-0.15, -0.1) is 12.4 Å². The van der Waals surface area contributed by atoms with Gasteiger partial charge >= 0.3 is 0 Å². The van der Waals surface area contributed by atoms with Gasteiger partial charge in [0.2, 0.25) is 5.91 Å². The van der Waals surface area contributed by atoms with E-state index in [1.165, 1.54) is 0 Å². The van der Waals surface area contributed by atoms with Gasteiger partial charge in [0.15, 0.2) is 0 Å². The molecule has 0 radical (unpaired) electrons. The highest BCUT2D eigenvalue weighted by atomic mass is 35.5. The fourth-order valence-corrected chi connectivity index (χ4v) is 1.89. The number of halogens is 1. The van der Waals surface area contributed by atoms with E-state index in [0.717, 1.165) is 19.3 Å². The van der Waals surface area contributed by atoms with E-state index < -0.39 is 6.04 Å². The Balaban J connectivity index is 0.00000225. The lowest BCUT2D eigenvalue weighted by molar-refractivity contribution is -0.123. The van der Waals surface area contributed by atoms with Gasteiger partial charge in [0.1, 0.15) is 0 Å². The Kier molecular flexibility index (Phi) is 6.95. The van der Waals surface area contributed by atoms with Gasteiger partial charge in [-0.1, -0.05) is 13.8 Å². The van der Waals surface area contributed by atoms with Gasteiger partial charge in [-0.2, -0.15) is 0 Å². The maximum atomic E-state index is 11.7. The van der Waals surface area contributed by atoms with Crippen molar-refractivity contribution in [1.82, 2.24) is 5.32 Å². The number of rotatable bonds is 4. The van der Waals surface area contributed by atoms with Gasteiger partial charge in [0.05, 0.1) is 12.1 Å². The zero-order valence-electron chi connectivity index (χ0n) is 10.2. The van der Waals surface area contributed by atoms with Gasteiger partial charge in [-0.05, 0) is 25.2 Å². The Morgan fingerprint density at radius 3 is 2.50 bits per heavy atom. The summed E-state index contributed by atoms with van der Waals surface area (Å²) in [6, 6.07) is -0.154. The van der Waals surface area contributed by atoms with Crippen LogP contribution in [0.25, 0.3) is 0 Å². The molecule has 3 N–H and O–H groups in total. The van der Waals surface area contributed by atoms with Crippen LogP contribution in [0, 0.1) is 5.92 Å². The second-order valence-corrected chi connectivity index (χ2v) is 4.65. The highest BCUT2D eigenvalue weighted by molar-refractivity contribution is 5.85. The molecule has 1 rings (SSSR count). The number of carbonyl (C=O) groups excluding carboxylic acids is 1. The minimum Gasteiger partial charge on any atom is -0.381 e. The molecule has 0 aromatic rings. The molecule has 5 heteroatoms. The summed E-state index contributed by atoms with van der Waals surface area (Å²) in [5.41, 5.74) is 5.76. The maximum Gasteiger partial charge on any atom is 0.237 e. The zero-order chi connectivity index (χ0) is 11.4. The van der Waals surface area contributed by atoms with Crippen LogP contribution in [-0.4, -0.2) is 31.2 Å². The Morgan fingerprint density at radius 2 is 2.06 bits per heavy atom. The molecule has 0 spiro atoms. The number of hydrogen-bond donors (Lipinski definition) is 2. The van der Waals surface area contributed by atoms with Crippen LogP contribution < -0.4 is 11.1 Å². The molecule has 0 saturated heterocycles. The van der Waals surface area contributed by atoms with Crippen LogP contribution in [0.15, 0.2) is 0 Å². The highest BCUT2D eigenvalue weighted by Crippen LogP contribution is 2.21. The van der Waals surface area contributed by atoms with Crippen LogP contribution in [0.1, 0.15) is 33.1 Å². The molecule has 3 atom stereocenters. The first-order chi connectivity index (χ1) is 7.04. The fraction of sp³-hybridized carbons (Fsp3) is 0.909. The largest absolute Gasteiger partial charge is 0.381 e. The minimum absolute atomic E-state index is 0. The Labute approximate surface area is 104 Å². The molecule has 1 amide bonds. The molecule has 0 heterocycles. The van der Waals surface area contributed by atoms with E-state index >= 15 is 0 Å². The van der Waals surface area contributed by atoms with Gasteiger partial charge in [0, 0.05) is 13.2 Å². The normalized spacial score (nSPS) is 26.3. The monoisotopic (exact) mass is 250 g/mol. The molecule has 0 aromatic heterocycles.